The summed E-state index contributed by atoms with van der Waals surface area (Å²) in [7, 11) is 0. The van der Waals surface area contributed by atoms with Crippen LogP contribution in [0.25, 0.3) is 0 Å². The minimum Gasteiger partial charge on any atom is -0.465 e. The number of allylic oxidation sites excluding steroid dienone is 1. The molecule has 0 aromatic heterocycles. The van der Waals surface area contributed by atoms with Gasteiger partial charge in [0.1, 0.15) is 6.04 Å². The number of hydrogen-bond acceptors (Lipinski definition) is 6. The molecule has 1 spiro atoms. The molecule has 3 aliphatic rings. The highest BCUT2D eigenvalue weighted by atomic mass is 35.5. The summed E-state index contributed by atoms with van der Waals surface area (Å²) in [4.78, 5) is 45.5. The molecule has 39 heavy (non-hydrogen) atoms. The number of unbranched alkanes of at least 4 members (excludes halogenated alkanes) is 2. The number of nitrogens with zero attached hydrogens (tertiary/aromatic N) is 2. The summed E-state index contributed by atoms with van der Waals surface area (Å²) in [6.45, 7) is 11.7. The Bertz CT molecular complexity index is 1130. The lowest BCUT2D eigenvalue weighted by Gasteiger charge is -2.39. The standard InChI is InChI=1S/C30H39ClN2O5S/c1-5-8-9-12-18-38-28(37)24-23-26(35)33(20(7-3)19-34)25(30(23)16-15-29(24,4)39-30)27(36)32(17-6-2)22-14-11-10-13-21(22)31/h5-6,10-11,13-14,20,23-25,34H,1-2,7-9,12,15-19H2,3-4H3/t20-,23-,24-,25?,29+,30?/m0/s1. The van der Waals surface area contributed by atoms with E-state index >= 15 is 0 Å². The molecule has 7 nitrogen and oxygen atoms in total. The summed E-state index contributed by atoms with van der Waals surface area (Å²) in [6.07, 6.45) is 7.71. The zero-order valence-electron chi connectivity index (χ0n) is 22.8. The second-order valence-corrected chi connectivity index (χ2v) is 13.2. The minimum atomic E-state index is -0.861. The van der Waals surface area contributed by atoms with Gasteiger partial charge in [0, 0.05) is 11.3 Å². The Morgan fingerprint density at radius 3 is 2.67 bits per heavy atom. The van der Waals surface area contributed by atoms with Crippen LogP contribution in [-0.2, 0) is 19.1 Å². The molecule has 3 saturated heterocycles. The smallest absolute Gasteiger partial charge is 0.311 e. The maximum absolute atomic E-state index is 14.6. The number of carbonyl (C=O) groups excluding carboxylic acids is 3. The second-order valence-electron chi connectivity index (χ2n) is 10.9. The van der Waals surface area contributed by atoms with Gasteiger partial charge in [0.05, 0.1) is 46.5 Å². The van der Waals surface area contributed by atoms with Crippen LogP contribution in [0.3, 0.4) is 0 Å². The normalized spacial score (nSPS) is 29.7. The van der Waals surface area contributed by atoms with Crippen LogP contribution >= 0.6 is 23.4 Å². The van der Waals surface area contributed by atoms with Crippen molar-refractivity contribution in [3.63, 3.8) is 0 Å². The Morgan fingerprint density at radius 1 is 1.28 bits per heavy atom. The van der Waals surface area contributed by atoms with Crippen LogP contribution in [-0.4, -0.2) is 69.1 Å². The third-order valence-corrected chi connectivity index (χ3v) is 10.9. The van der Waals surface area contributed by atoms with Gasteiger partial charge in [-0.15, -0.1) is 24.9 Å². The summed E-state index contributed by atoms with van der Waals surface area (Å²) >= 11 is 8.11. The molecule has 1 aromatic carbocycles. The predicted octanol–water partition coefficient (Wildman–Crippen LogP) is 5.01. The fourth-order valence-electron chi connectivity index (χ4n) is 6.72. The quantitative estimate of drug-likeness (QED) is 0.202. The van der Waals surface area contributed by atoms with Crippen LogP contribution in [0.4, 0.5) is 5.69 Å². The fourth-order valence-corrected chi connectivity index (χ4v) is 9.28. The van der Waals surface area contributed by atoms with Gasteiger partial charge in [0.15, 0.2) is 0 Å². The second kappa shape index (κ2) is 12.1. The molecular formula is C30H39ClN2O5S. The summed E-state index contributed by atoms with van der Waals surface area (Å²) in [5, 5.41) is 10.7. The molecule has 3 heterocycles. The number of halogens is 1. The van der Waals surface area contributed by atoms with Gasteiger partial charge < -0.3 is 19.6 Å². The molecule has 2 amide bonds. The van der Waals surface area contributed by atoms with Crippen LogP contribution in [0.2, 0.25) is 5.02 Å². The average molecular weight is 575 g/mol. The van der Waals surface area contributed by atoms with E-state index in [9.17, 15) is 19.5 Å². The van der Waals surface area contributed by atoms with Crippen molar-refractivity contribution >= 4 is 46.8 Å². The number of hydrogen-bond donors (Lipinski definition) is 1. The molecule has 1 aromatic rings. The zero-order valence-corrected chi connectivity index (χ0v) is 24.4. The summed E-state index contributed by atoms with van der Waals surface area (Å²) in [5.74, 6) is -2.26. The first kappa shape index (κ1) is 29.7. The Hall–Kier alpha value is -2.29. The number of fused-ring (bicyclic) bond motifs is 1. The maximum Gasteiger partial charge on any atom is 0.311 e. The lowest BCUT2D eigenvalue weighted by molar-refractivity contribution is -0.156. The summed E-state index contributed by atoms with van der Waals surface area (Å²) < 4.78 is 4.40. The van der Waals surface area contributed by atoms with E-state index in [1.54, 1.807) is 45.8 Å². The molecule has 2 bridgehead atoms. The van der Waals surface area contributed by atoms with Crippen molar-refractivity contribution in [3.05, 3.63) is 54.6 Å². The first-order valence-electron chi connectivity index (χ1n) is 13.8. The third kappa shape index (κ3) is 5.04. The molecule has 3 aliphatic heterocycles. The lowest BCUT2D eigenvalue weighted by Crippen LogP contribution is -2.57. The average Bonchev–Trinajstić information content (AvgIpc) is 3.49. The van der Waals surface area contributed by atoms with Crippen molar-refractivity contribution in [1.82, 2.24) is 4.90 Å². The number of aliphatic hydroxyl groups excluding tert-OH is 1. The molecule has 4 rings (SSSR count). The number of likely N-dealkylation sites (tertiary alicyclic amines) is 1. The van der Waals surface area contributed by atoms with Crippen LogP contribution < -0.4 is 4.90 Å². The van der Waals surface area contributed by atoms with Gasteiger partial charge in [0.2, 0.25) is 5.91 Å². The van der Waals surface area contributed by atoms with Crippen molar-refractivity contribution in [1.29, 1.82) is 0 Å². The highest BCUT2D eigenvalue weighted by Gasteiger charge is 2.78. The number of para-hydroxylation sites is 1. The van der Waals surface area contributed by atoms with Gasteiger partial charge in [-0.25, -0.2) is 0 Å². The molecule has 3 fully saturated rings. The summed E-state index contributed by atoms with van der Waals surface area (Å²) in [5.41, 5.74) is 0.535. The zero-order chi connectivity index (χ0) is 28.4. The highest BCUT2D eigenvalue weighted by Crippen LogP contribution is 2.72. The number of aliphatic hydroxyl groups is 1. The number of anilines is 1. The molecule has 212 valence electrons. The number of ether oxygens (including phenoxy) is 1. The van der Waals surface area contributed by atoms with Gasteiger partial charge >= 0.3 is 5.97 Å². The first-order chi connectivity index (χ1) is 18.7. The van der Waals surface area contributed by atoms with Crippen molar-refractivity contribution in [2.45, 2.75) is 74.0 Å². The van der Waals surface area contributed by atoms with E-state index in [1.807, 2.05) is 26.0 Å². The largest absolute Gasteiger partial charge is 0.465 e. The Kier molecular flexibility index (Phi) is 9.19. The maximum atomic E-state index is 14.6. The van der Waals surface area contributed by atoms with Crippen LogP contribution in [0.15, 0.2) is 49.6 Å². The van der Waals surface area contributed by atoms with E-state index in [4.69, 9.17) is 16.3 Å². The Morgan fingerprint density at radius 2 is 2.03 bits per heavy atom. The number of benzene rings is 1. The van der Waals surface area contributed by atoms with E-state index < -0.39 is 33.4 Å². The van der Waals surface area contributed by atoms with Gasteiger partial charge in [-0.05, 0) is 57.6 Å². The molecule has 0 aliphatic carbocycles. The van der Waals surface area contributed by atoms with Gasteiger partial charge in [0.25, 0.3) is 5.91 Å². The SMILES string of the molecule is C=CCCCCOC(=O)[C@@H]1[C@H]2C(=O)N([C@@H](CC)CO)C(C(=O)N(CC=C)c3ccccc3Cl)C23CC[C@@]1(C)S3. The molecule has 9 heteroatoms. The van der Waals surface area contributed by atoms with Gasteiger partial charge in [-0.2, -0.15) is 0 Å². The van der Waals surface area contributed by atoms with E-state index in [0.717, 1.165) is 19.3 Å². The van der Waals surface area contributed by atoms with E-state index in [2.05, 4.69) is 13.2 Å². The van der Waals surface area contributed by atoms with E-state index in [0.29, 0.717) is 30.0 Å². The minimum absolute atomic E-state index is 0.204. The highest BCUT2D eigenvalue weighted by molar-refractivity contribution is 8.02. The van der Waals surface area contributed by atoms with Crippen molar-refractivity contribution in [3.8, 4) is 0 Å². The number of esters is 1. The Labute approximate surface area is 240 Å². The third-order valence-electron chi connectivity index (χ3n) is 8.55. The lowest BCUT2D eigenvalue weighted by atomic mass is 9.66. The van der Waals surface area contributed by atoms with Gasteiger partial charge in [-0.1, -0.05) is 42.8 Å². The van der Waals surface area contributed by atoms with E-state index in [-0.39, 0.29) is 37.5 Å². The monoisotopic (exact) mass is 574 g/mol. The number of carbonyl (C=O) groups is 3. The first-order valence-corrected chi connectivity index (χ1v) is 15.0. The molecule has 0 saturated carbocycles. The number of thioether (sulfide) groups is 1. The number of amides is 2. The molecule has 2 unspecified atom stereocenters. The van der Waals surface area contributed by atoms with Gasteiger partial charge in [-0.3, -0.25) is 14.4 Å². The summed E-state index contributed by atoms with van der Waals surface area (Å²) in [6, 6.07) is 5.69. The molecule has 1 N–H and O–H groups in total. The molecule has 6 atom stereocenters. The van der Waals surface area contributed by atoms with E-state index in [1.165, 1.54) is 0 Å². The predicted molar refractivity (Wildman–Crippen MR) is 156 cm³/mol. The van der Waals surface area contributed by atoms with Crippen molar-refractivity contribution in [2.75, 3.05) is 24.7 Å². The van der Waals surface area contributed by atoms with Crippen molar-refractivity contribution in [2.24, 2.45) is 11.8 Å². The Balaban J connectivity index is 1.74. The van der Waals surface area contributed by atoms with Crippen LogP contribution in [0, 0.1) is 11.8 Å². The van der Waals surface area contributed by atoms with Crippen LogP contribution in [0.5, 0.6) is 0 Å². The fraction of sp³-hybridized carbons (Fsp3) is 0.567. The van der Waals surface area contributed by atoms with Crippen molar-refractivity contribution < 1.29 is 24.2 Å². The molecule has 0 radical (unpaired) electrons. The number of rotatable bonds is 13. The van der Waals surface area contributed by atoms with Crippen LogP contribution in [0.1, 0.15) is 52.4 Å². The topological polar surface area (TPSA) is 87.1 Å². The molecular weight excluding hydrogens is 536 g/mol.